The van der Waals surface area contributed by atoms with E-state index >= 15 is 0 Å². The van der Waals surface area contributed by atoms with Crippen LogP contribution in [0.1, 0.15) is 10.4 Å². The topological polar surface area (TPSA) is 100 Å². The third-order valence-electron chi connectivity index (χ3n) is 3.37. The van der Waals surface area contributed by atoms with Crippen molar-refractivity contribution in [2.24, 2.45) is 0 Å². The molecule has 0 unspecified atom stereocenters. The molecular weight excluding hydrogens is 392 g/mol. The van der Waals surface area contributed by atoms with Crippen LogP contribution < -0.4 is 19.5 Å². The van der Waals surface area contributed by atoms with Gasteiger partial charge in [-0.25, -0.2) is 4.79 Å². The Balaban J connectivity index is 1.75. The van der Waals surface area contributed by atoms with Crippen molar-refractivity contribution in [3.8, 4) is 17.2 Å². The Bertz CT molecular complexity index is 856. The molecule has 2 rings (SSSR count). The van der Waals surface area contributed by atoms with Crippen LogP contribution in [-0.4, -0.2) is 44.7 Å². The van der Waals surface area contributed by atoms with Crippen molar-refractivity contribution < 1.29 is 42.1 Å². The number of ether oxygens (including phenoxy) is 4. The van der Waals surface area contributed by atoms with Crippen LogP contribution in [-0.2, 0) is 14.3 Å². The Morgan fingerprint density at radius 1 is 0.966 bits per heavy atom. The van der Waals surface area contributed by atoms with Crippen molar-refractivity contribution in [2.75, 3.05) is 20.3 Å². The van der Waals surface area contributed by atoms with Crippen molar-refractivity contribution in [3.05, 3.63) is 54.1 Å². The summed E-state index contributed by atoms with van der Waals surface area (Å²) >= 11 is 0. The van der Waals surface area contributed by atoms with Crippen molar-refractivity contribution in [1.29, 1.82) is 0 Å². The van der Waals surface area contributed by atoms with Crippen LogP contribution in [0.4, 0.5) is 8.78 Å². The number of imide groups is 1. The lowest BCUT2D eigenvalue weighted by molar-refractivity contribution is -0.150. The van der Waals surface area contributed by atoms with Gasteiger partial charge in [0.2, 0.25) is 0 Å². The maximum Gasteiger partial charge on any atom is 0.387 e. The van der Waals surface area contributed by atoms with Crippen LogP contribution >= 0.6 is 0 Å². The third-order valence-corrected chi connectivity index (χ3v) is 3.37. The number of para-hydroxylation sites is 2. The van der Waals surface area contributed by atoms with Crippen molar-refractivity contribution in [1.82, 2.24) is 5.32 Å². The molecule has 0 heterocycles. The number of hydrogen-bond acceptors (Lipinski definition) is 7. The van der Waals surface area contributed by atoms with E-state index in [1.807, 2.05) is 5.32 Å². The Morgan fingerprint density at radius 3 is 2.24 bits per heavy atom. The lowest BCUT2D eigenvalue weighted by Crippen LogP contribution is -2.34. The summed E-state index contributed by atoms with van der Waals surface area (Å²) in [5.74, 6) is -1.87. The second kappa shape index (κ2) is 10.6. The average Bonchev–Trinajstić information content (AvgIpc) is 2.71. The van der Waals surface area contributed by atoms with E-state index in [0.29, 0.717) is 11.5 Å². The number of benzene rings is 2. The van der Waals surface area contributed by atoms with E-state index in [4.69, 9.17) is 14.2 Å². The summed E-state index contributed by atoms with van der Waals surface area (Å²) in [6.07, 6.45) is 0. The molecule has 1 N–H and O–H groups in total. The van der Waals surface area contributed by atoms with Gasteiger partial charge in [0, 0.05) is 5.56 Å². The number of carbonyl (C=O) groups is 3. The van der Waals surface area contributed by atoms with E-state index in [1.165, 1.54) is 19.2 Å². The number of nitrogens with one attached hydrogen (secondary N) is 1. The van der Waals surface area contributed by atoms with Crippen LogP contribution in [0.3, 0.4) is 0 Å². The Kier molecular flexibility index (Phi) is 7.89. The zero-order valence-corrected chi connectivity index (χ0v) is 15.2. The molecule has 2 aromatic carbocycles. The summed E-state index contributed by atoms with van der Waals surface area (Å²) in [5.41, 5.74) is 0.0331. The Labute approximate surface area is 164 Å². The van der Waals surface area contributed by atoms with E-state index < -0.39 is 37.6 Å². The standard InChI is InChI=1S/C19H17F2NO7/c1-26-14-4-2-3-5-15(14)27-11-17(24)28-10-16(23)22-18(25)12-6-8-13(9-7-12)29-19(20)21/h2-9,19H,10-11H2,1H3,(H,22,23,25). The first-order valence-electron chi connectivity index (χ1n) is 8.19. The summed E-state index contributed by atoms with van der Waals surface area (Å²) in [7, 11) is 1.45. The fraction of sp³-hybridized carbons (Fsp3) is 0.211. The minimum Gasteiger partial charge on any atom is -0.493 e. The van der Waals surface area contributed by atoms with Gasteiger partial charge in [0.05, 0.1) is 7.11 Å². The molecule has 8 nitrogen and oxygen atoms in total. The highest BCUT2D eigenvalue weighted by atomic mass is 19.3. The maximum atomic E-state index is 12.1. The second-order valence-corrected chi connectivity index (χ2v) is 5.38. The second-order valence-electron chi connectivity index (χ2n) is 5.38. The lowest BCUT2D eigenvalue weighted by Gasteiger charge is -2.10. The van der Waals surface area contributed by atoms with Crippen LogP contribution in [0, 0.1) is 0 Å². The minimum atomic E-state index is -2.99. The fourth-order valence-corrected chi connectivity index (χ4v) is 2.09. The third kappa shape index (κ3) is 7.09. The van der Waals surface area contributed by atoms with Gasteiger partial charge in [-0.15, -0.1) is 0 Å². The van der Waals surface area contributed by atoms with Gasteiger partial charge in [0.15, 0.2) is 24.7 Å². The van der Waals surface area contributed by atoms with Gasteiger partial charge in [-0.2, -0.15) is 8.78 Å². The highest BCUT2D eigenvalue weighted by Crippen LogP contribution is 2.25. The molecule has 0 aliphatic carbocycles. The van der Waals surface area contributed by atoms with E-state index in [1.54, 1.807) is 24.3 Å². The molecule has 0 bridgehead atoms. The number of amides is 2. The number of methoxy groups -OCH3 is 1. The van der Waals surface area contributed by atoms with Crippen LogP contribution in [0.25, 0.3) is 0 Å². The molecule has 0 saturated heterocycles. The summed E-state index contributed by atoms with van der Waals surface area (Å²) in [6, 6.07) is 11.4. The number of esters is 1. The quantitative estimate of drug-likeness (QED) is 0.634. The number of carbonyl (C=O) groups excluding carboxylic acids is 3. The van der Waals surface area contributed by atoms with Gasteiger partial charge in [0.25, 0.3) is 11.8 Å². The first-order chi connectivity index (χ1) is 13.9. The summed E-state index contributed by atoms with van der Waals surface area (Å²) in [4.78, 5) is 35.3. The lowest BCUT2D eigenvalue weighted by atomic mass is 10.2. The first-order valence-corrected chi connectivity index (χ1v) is 8.19. The summed E-state index contributed by atoms with van der Waals surface area (Å²) in [6.45, 7) is -4.16. The minimum absolute atomic E-state index is 0.0331. The monoisotopic (exact) mass is 409 g/mol. The van der Waals surface area contributed by atoms with Crippen molar-refractivity contribution in [3.63, 3.8) is 0 Å². The van der Waals surface area contributed by atoms with E-state index in [2.05, 4.69) is 4.74 Å². The maximum absolute atomic E-state index is 12.1. The molecule has 2 amide bonds. The van der Waals surface area contributed by atoms with E-state index in [0.717, 1.165) is 12.1 Å². The molecule has 0 saturated carbocycles. The van der Waals surface area contributed by atoms with E-state index in [-0.39, 0.29) is 11.3 Å². The molecule has 0 radical (unpaired) electrons. The van der Waals surface area contributed by atoms with Gasteiger partial charge in [-0.3, -0.25) is 14.9 Å². The Hall–Kier alpha value is -3.69. The Morgan fingerprint density at radius 2 is 1.62 bits per heavy atom. The predicted molar refractivity (Wildman–Crippen MR) is 95.0 cm³/mol. The molecule has 10 heteroatoms. The molecule has 2 aromatic rings. The van der Waals surface area contributed by atoms with Crippen LogP contribution in [0.5, 0.6) is 17.2 Å². The zero-order chi connectivity index (χ0) is 21.2. The predicted octanol–water partition coefficient (Wildman–Crippen LogP) is 2.18. The highest BCUT2D eigenvalue weighted by Gasteiger charge is 2.14. The highest BCUT2D eigenvalue weighted by molar-refractivity contribution is 6.05. The van der Waals surface area contributed by atoms with Gasteiger partial charge in [-0.05, 0) is 36.4 Å². The molecule has 154 valence electrons. The van der Waals surface area contributed by atoms with Gasteiger partial charge in [0.1, 0.15) is 5.75 Å². The van der Waals surface area contributed by atoms with E-state index in [9.17, 15) is 23.2 Å². The fourth-order valence-electron chi connectivity index (χ4n) is 2.09. The number of rotatable bonds is 9. The largest absolute Gasteiger partial charge is 0.493 e. The molecule has 0 atom stereocenters. The molecule has 0 aromatic heterocycles. The first kappa shape index (κ1) is 21.6. The number of halogens is 2. The molecule has 29 heavy (non-hydrogen) atoms. The number of hydrogen-bond donors (Lipinski definition) is 1. The van der Waals surface area contributed by atoms with Crippen LogP contribution in [0.2, 0.25) is 0 Å². The van der Waals surface area contributed by atoms with Crippen molar-refractivity contribution in [2.45, 2.75) is 6.61 Å². The van der Waals surface area contributed by atoms with Gasteiger partial charge in [-0.1, -0.05) is 12.1 Å². The normalized spacial score (nSPS) is 10.2. The molecule has 0 aliphatic heterocycles. The van der Waals surface area contributed by atoms with Gasteiger partial charge >= 0.3 is 12.6 Å². The van der Waals surface area contributed by atoms with Gasteiger partial charge < -0.3 is 18.9 Å². The molecular formula is C19H17F2NO7. The van der Waals surface area contributed by atoms with Crippen LogP contribution in [0.15, 0.2) is 48.5 Å². The zero-order valence-electron chi connectivity index (χ0n) is 15.2. The molecule has 0 aliphatic rings. The molecule has 0 spiro atoms. The smallest absolute Gasteiger partial charge is 0.387 e. The van der Waals surface area contributed by atoms with Crippen molar-refractivity contribution >= 4 is 17.8 Å². The number of alkyl halides is 2. The summed E-state index contributed by atoms with van der Waals surface area (Å²) < 4.78 is 43.4. The molecule has 0 fully saturated rings. The average molecular weight is 409 g/mol. The summed E-state index contributed by atoms with van der Waals surface area (Å²) in [5, 5.41) is 2.00. The SMILES string of the molecule is COc1ccccc1OCC(=O)OCC(=O)NC(=O)c1ccc(OC(F)F)cc1.